The van der Waals surface area contributed by atoms with Crippen LogP contribution in [0.3, 0.4) is 0 Å². The van der Waals surface area contributed by atoms with Crippen molar-refractivity contribution in [2.45, 2.75) is 64.6 Å². The van der Waals surface area contributed by atoms with E-state index >= 15 is 0 Å². The number of carbonyl (C=O) groups excluding carboxylic acids is 9. The number of urea groups is 3. The lowest BCUT2D eigenvalue weighted by atomic mass is 10.1. The quantitative estimate of drug-likeness (QED) is 0.0947. The lowest BCUT2D eigenvalue weighted by Crippen LogP contribution is -2.48. The van der Waals surface area contributed by atoms with Crippen molar-refractivity contribution in [2.24, 2.45) is 0 Å². The number of hydrogen-bond donors (Lipinski definition) is 3. The van der Waals surface area contributed by atoms with Gasteiger partial charge in [-0.15, -0.1) is 0 Å². The van der Waals surface area contributed by atoms with Crippen molar-refractivity contribution in [3.63, 3.8) is 0 Å². The van der Waals surface area contributed by atoms with E-state index in [1.807, 2.05) is 54.6 Å². The highest BCUT2D eigenvalue weighted by Crippen LogP contribution is 2.31. The fraction of sp³-hybridized carbons (Fsp3) is 0.447. The largest absolute Gasteiger partial charge is 0.381 e. The zero-order valence-electron chi connectivity index (χ0n) is 64.2. The van der Waals surface area contributed by atoms with E-state index in [0.29, 0.717) is 154 Å². The summed E-state index contributed by atoms with van der Waals surface area (Å²) in [5.74, 6) is 1.65. The number of carbonyl (C=O) groups is 9. The molecule has 0 aromatic carbocycles. The smallest absolute Gasteiger partial charge is 0.328 e. The van der Waals surface area contributed by atoms with Gasteiger partial charge in [-0.2, -0.15) is 15.8 Å². The Morgan fingerprint density at radius 1 is 0.500 bits per heavy atom. The molecule has 12 rings (SSSR count). The summed E-state index contributed by atoms with van der Waals surface area (Å²) >= 11 is 0. The van der Waals surface area contributed by atoms with E-state index in [2.05, 4.69) is 73.9 Å². The summed E-state index contributed by atoms with van der Waals surface area (Å²) in [7, 11) is 12.0. The number of piperidine rings is 1. The normalized spacial score (nSPS) is 17.8. The molecule has 0 saturated carbocycles. The van der Waals surface area contributed by atoms with Crippen LogP contribution in [0.1, 0.15) is 91.5 Å². The molecular formula is C76H92N24O12. The van der Waals surface area contributed by atoms with Crippen LogP contribution in [-0.2, 0) is 48.2 Å². The summed E-state index contributed by atoms with van der Waals surface area (Å²) in [6.45, 7) is 14.8. The molecule has 112 heavy (non-hydrogen) atoms. The van der Waals surface area contributed by atoms with Crippen LogP contribution in [0.15, 0.2) is 73.2 Å². The van der Waals surface area contributed by atoms with Crippen LogP contribution in [-0.4, -0.2) is 293 Å². The first-order valence-corrected chi connectivity index (χ1v) is 36.5. The second-order valence-corrected chi connectivity index (χ2v) is 27.9. The van der Waals surface area contributed by atoms with Gasteiger partial charge in [-0.05, 0) is 66.0 Å². The summed E-state index contributed by atoms with van der Waals surface area (Å²) in [6, 6.07) is 20.0. The van der Waals surface area contributed by atoms with Gasteiger partial charge in [0.1, 0.15) is 70.2 Å². The lowest BCUT2D eigenvalue weighted by molar-refractivity contribution is -0.136. The Morgan fingerprint density at radius 3 is 1.12 bits per heavy atom. The molecule has 6 saturated heterocycles. The SMILES string of the molecule is CN1CCN(Cc2ccc(N(C)C(=O)Nc3cc(N4CCOCC4)c(C#N)cn3)nc2C=O)C(=O)C1.COC1CCN(c2cc(NC(=O)N(C)c3ccc(CN4CCN(C)CC4=O)c(C=O)n3)ncc2C#N)CC1.C[C@@H]1CN(c2cc(NC(=O)N(C)c3ccc(CN4CCN(C)CC4=O)c(C=O)n3)ncc2C#N)C[C@H](C)O1. The Morgan fingerprint density at radius 2 is 0.821 bits per heavy atom. The fourth-order valence-electron chi connectivity index (χ4n) is 13.3. The highest BCUT2D eigenvalue weighted by atomic mass is 16.5. The first-order valence-electron chi connectivity index (χ1n) is 36.5. The van der Waals surface area contributed by atoms with Crippen LogP contribution in [0.25, 0.3) is 0 Å². The van der Waals surface area contributed by atoms with Crippen molar-refractivity contribution in [2.75, 3.05) is 206 Å². The van der Waals surface area contributed by atoms with Crippen molar-refractivity contribution >= 4 is 107 Å². The molecule has 0 radical (unpaired) electrons. The Hall–Kier alpha value is -12.2. The van der Waals surface area contributed by atoms with Crippen LogP contribution in [0.4, 0.5) is 66.4 Å². The number of nitrogens with one attached hydrogen (secondary N) is 3. The van der Waals surface area contributed by atoms with Crippen LogP contribution < -0.4 is 45.3 Å². The van der Waals surface area contributed by atoms with Crippen LogP contribution >= 0.6 is 0 Å². The number of pyridine rings is 6. The molecule has 9 amide bonds. The van der Waals surface area contributed by atoms with Gasteiger partial charge >= 0.3 is 18.1 Å². The number of aldehydes is 3. The number of piperazine rings is 3. The summed E-state index contributed by atoms with van der Waals surface area (Å²) in [5.41, 5.74) is 5.67. The third kappa shape index (κ3) is 21.0. The van der Waals surface area contributed by atoms with Crippen molar-refractivity contribution in [3.8, 4) is 18.2 Å². The van der Waals surface area contributed by atoms with E-state index in [9.17, 15) is 58.9 Å². The molecule has 0 unspecified atom stereocenters. The number of anilines is 9. The van der Waals surface area contributed by atoms with Gasteiger partial charge in [-0.3, -0.25) is 74.1 Å². The molecule has 6 aliphatic rings. The predicted molar refractivity (Wildman–Crippen MR) is 414 cm³/mol. The number of nitriles is 3. The van der Waals surface area contributed by atoms with Gasteiger partial charge in [0.05, 0.1) is 84.9 Å². The molecule has 6 aromatic heterocycles. The van der Waals surface area contributed by atoms with E-state index in [-0.39, 0.29) is 102 Å². The predicted octanol–water partition coefficient (Wildman–Crippen LogP) is 4.37. The Bertz CT molecular complexity index is 4580. The monoisotopic (exact) mass is 1530 g/mol. The number of amides is 9. The lowest BCUT2D eigenvalue weighted by Gasteiger charge is -2.37. The first-order chi connectivity index (χ1) is 53.9. The number of rotatable bonds is 19. The standard InChI is InChI=1S/2C26H32N8O4.C24H28N8O4/c1-17-12-34(13-18(2)38-17)22-9-23(28-11-20(22)10-27)30-26(37)32(4)24-6-5-19(21(16-35)29-24)14-33-8-7-31(3)15-25(33)36;1-31-10-11-34(25(36)16-31)15-18-4-5-24(29-21(18)17-35)32(2)26(37)30-23-12-22(19(13-27)14-28-23)33-8-6-20(38-3)7-9-33;1-29-5-6-32(23(34)15-29)14-17-3-4-22(27-19(17)16-33)30(2)24(35)28-21-11-20(18(12-25)13-26-21)31-7-9-36-10-8-31/h5-6,9,11,16-18H,7-8,12-15H2,1-4H3,(H,28,30,37);4-5,12,14,17,20H,6-11,15-16H2,1-3H3,(H,28,30,37);3-4,11,13,16H,5-10,14-15H2,1-2H3,(H,26,28,35)/t17-,18+;;. The summed E-state index contributed by atoms with van der Waals surface area (Å²) in [5, 5.41) is 36.8. The molecule has 0 bridgehead atoms. The van der Waals surface area contributed by atoms with Crippen LogP contribution in [0, 0.1) is 34.0 Å². The molecule has 6 aromatic rings. The molecule has 0 aliphatic carbocycles. The zero-order chi connectivity index (χ0) is 80.3. The number of hydrogen-bond acceptors (Lipinski definition) is 27. The van der Waals surface area contributed by atoms with Gasteiger partial charge in [-0.1, -0.05) is 18.2 Å². The highest BCUT2D eigenvalue weighted by Gasteiger charge is 2.31. The molecule has 6 fully saturated rings. The number of aromatic nitrogens is 6. The van der Waals surface area contributed by atoms with Gasteiger partial charge in [0.15, 0.2) is 18.9 Å². The average Bonchev–Trinajstić information content (AvgIpc) is 0.818. The number of nitrogens with zero attached hydrogens (tertiary/aromatic N) is 21. The van der Waals surface area contributed by atoms with E-state index in [1.165, 1.54) is 54.4 Å². The van der Waals surface area contributed by atoms with Crippen molar-refractivity contribution in [3.05, 3.63) is 124 Å². The summed E-state index contributed by atoms with van der Waals surface area (Å²) in [6.07, 6.45) is 8.09. The molecule has 0 spiro atoms. The van der Waals surface area contributed by atoms with Crippen molar-refractivity contribution < 1.29 is 57.4 Å². The van der Waals surface area contributed by atoms with Gasteiger partial charge in [0.25, 0.3) is 0 Å². The average molecular weight is 1530 g/mol. The summed E-state index contributed by atoms with van der Waals surface area (Å²) < 4.78 is 16.6. The Labute approximate surface area is 649 Å². The number of likely N-dealkylation sites (N-methyl/N-ethyl adjacent to an activating group) is 3. The van der Waals surface area contributed by atoms with E-state index in [0.717, 1.165) is 45.6 Å². The van der Waals surface area contributed by atoms with Gasteiger partial charge in [-0.25, -0.2) is 44.3 Å². The van der Waals surface area contributed by atoms with Crippen LogP contribution in [0.5, 0.6) is 0 Å². The van der Waals surface area contributed by atoms with Gasteiger partial charge in [0, 0.05) is 180 Å². The molecule has 588 valence electrons. The maximum atomic E-state index is 13.0. The third-order valence-corrected chi connectivity index (χ3v) is 19.8. The van der Waals surface area contributed by atoms with E-state index < -0.39 is 18.1 Å². The van der Waals surface area contributed by atoms with Crippen molar-refractivity contribution in [1.29, 1.82) is 15.8 Å². The van der Waals surface area contributed by atoms with Gasteiger partial charge in [0.2, 0.25) is 17.7 Å². The Kier molecular flexibility index (Phi) is 28.2. The minimum absolute atomic E-state index is 0.00179. The van der Waals surface area contributed by atoms with Gasteiger partial charge < -0.3 is 43.6 Å². The van der Waals surface area contributed by atoms with Crippen molar-refractivity contribution in [1.82, 2.24) is 59.3 Å². The third-order valence-electron chi connectivity index (χ3n) is 19.8. The molecule has 2 atom stereocenters. The second kappa shape index (κ2) is 38.4. The number of morpholine rings is 2. The molecular weight excluding hydrogens is 1440 g/mol. The highest BCUT2D eigenvalue weighted by molar-refractivity contribution is 6.02. The molecule has 36 nitrogen and oxygen atoms in total. The molecule has 6 aliphatic heterocycles. The topological polar surface area (TPSA) is 405 Å². The molecule has 12 heterocycles. The van der Waals surface area contributed by atoms with E-state index in [1.54, 1.807) is 76.4 Å². The fourth-order valence-corrected chi connectivity index (χ4v) is 13.3. The first kappa shape index (κ1) is 82.3. The Balaban J connectivity index is 0.000000178. The van der Waals surface area contributed by atoms with E-state index in [4.69, 9.17) is 14.2 Å². The minimum Gasteiger partial charge on any atom is -0.381 e. The maximum Gasteiger partial charge on any atom is 0.328 e. The van der Waals surface area contributed by atoms with Crippen LogP contribution in [0.2, 0.25) is 0 Å². The zero-order valence-corrected chi connectivity index (χ0v) is 64.2. The second-order valence-electron chi connectivity index (χ2n) is 27.9. The summed E-state index contributed by atoms with van der Waals surface area (Å²) in [4.78, 5) is 158. The minimum atomic E-state index is -0.511. The molecule has 3 N–H and O–H groups in total. The maximum absolute atomic E-state index is 13.0. The number of methoxy groups -OCH3 is 1. The number of ether oxygens (including phenoxy) is 3. The molecule has 36 heteroatoms.